The first-order valence-corrected chi connectivity index (χ1v) is 6.77. The largest absolute Gasteiger partial charge is 0.480 e. The highest BCUT2D eigenvalue weighted by Crippen LogP contribution is 2.27. The van der Waals surface area contributed by atoms with E-state index >= 15 is 0 Å². The lowest BCUT2D eigenvalue weighted by molar-refractivity contribution is -0.140. The van der Waals surface area contributed by atoms with E-state index < -0.39 is 12.0 Å². The molecule has 1 fully saturated rings. The van der Waals surface area contributed by atoms with Crippen LogP contribution in [0.5, 0.6) is 0 Å². The Morgan fingerprint density at radius 1 is 1.42 bits per heavy atom. The van der Waals surface area contributed by atoms with Crippen LogP contribution in [0.15, 0.2) is 0 Å². The minimum Gasteiger partial charge on any atom is -0.480 e. The molecule has 0 aromatic rings. The Labute approximate surface area is 113 Å². The van der Waals surface area contributed by atoms with Gasteiger partial charge in [0.2, 0.25) is 0 Å². The summed E-state index contributed by atoms with van der Waals surface area (Å²) in [7, 11) is 1.65. The Morgan fingerprint density at radius 2 is 2.00 bits per heavy atom. The van der Waals surface area contributed by atoms with Crippen LogP contribution in [0.4, 0.5) is 4.79 Å². The highest BCUT2D eigenvalue weighted by Gasteiger charge is 2.31. The fourth-order valence-electron chi connectivity index (χ4n) is 2.25. The summed E-state index contributed by atoms with van der Waals surface area (Å²) in [5, 5.41) is 20.9. The Bertz CT molecular complexity index is 329. The average Bonchev–Trinajstić information content (AvgIpc) is 2.32. The number of nitrogens with one attached hydrogen (secondary N) is 1. The standard InChI is InChI=1S/C13H24N2O4/c1-4-8(2)11(12(17)18)14-13(19)15(3)7-9-5-10(16)6-9/h8-11,16H,4-7H2,1-3H3,(H,14,19)(H,17,18)/t8-,9?,10?,11-/m0/s1. The number of urea groups is 1. The van der Waals surface area contributed by atoms with Crippen molar-refractivity contribution in [1.29, 1.82) is 0 Å². The summed E-state index contributed by atoms with van der Waals surface area (Å²) in [6, 6.07) is -1.22. The van der Waals surface area contributed by atoms with Crippen LogP contribution in [0.25, 0.3) is 0 Å². The van der Waals surface area contributed by atoms with Crippen LogP contribution in [-0.2, 0) is 4.79 Å². The van der Waals surface area contributed by atoms with Gasteiger partial charge >= 0.3 is 12.0 Å². The Kier molecular flexibility index (Phi) is 5.60. The van der Waals surface area contributed by atoms with Crippen LogP contribution in [0.1, 0.15) is 33.1 Å². The molecule has 1 aliphatic rings. The molecule has 6 heteroatoms. The fourth-order valence-corrected chi connectivity index (χ4v) is 2.25. The maximum absolute atomic E-state index is 11.9. The SMILES string of the molecule is CC[C@H](C)[C@H](NC(=O)N(C)CC1CC(O)C1)C(=O)O. The first-order chi connectivity index (χ1) is 8.85. The lowest BCUT2D eigenvalue weighted by atomic mass is 9.82. The third-order valence-electron chi connectivity index (χ3n) is 3.85. The molecular weight excluding hydrogens is 248 g/mol. The molecule has 6 nitrogen and oxygen atoms in total. The van der Waals surface area contributed by atoms with Gasteiger partial charge in [-0.3, -0.25) is 0 Å². The molecule has 0 bridgehead atoms. The molecule has 0 aromatic heterocycles. The predicted octanol–water partition coefficient (Wildman–Crippen LogP) is 0.898. The number of rotatable bonds is 6. The highest BCUT2D eigenvalue weighted by molar-refractivity contribution is 5.82. The van der Waals surface area contributed by atoms with E-state index in [1.807, 2.05) is 6.92 Å². The van der Waals surface area contributed by atoms with Crippen molar-refractivity contribution in [3.05, 3.63) is 0 Å². The van der Waals surface area contributed by atoms with Crippen LogP contribution < -0.4 is 5.32 Å². The summed E-state index contributed by atoms with van der Waals surface area (Å²) in [4.78, 5) is 24.5. The quantitative estimate of drug-likeness (QED) is 0.670. The van der Waals surface area contributed by atoms with E-state index in [-0.39, 0.29) is 18.1 Å². The molecule has 1 saturated carbocycles. The fraction of sp³-hybridized carbons (Fsp3) is 0.846. The second-order valence-electron chi connectivity index (χ2n) is 5.52. The second kappa shape index (κ2) is 6.75. The van der Waals surface area contributed by atoms with Crippen molar-refractivity contribution < 1.29 is 19.8 Å². The third-order valence-corrected chi connectivity index (χ3v) is 3.85. The molecule has 0 aromatic carbocycles. The predicted molar refractivity (Wildman–Crippen MR) is 70.8 cm³/mol. The molecule has 1 rings (SSSR count). The number of carboxylic acid groups (broad SMARTS) is 1. The van der Waals surface area contributed by atoms with Gasteiger partial charge in [-0.2, -0.15) is 0 Å². The number of amides is 2. The van der Waals surface area contributed by atoms with Gasteiger partial charge in [-0.25, -0.2) is 9.59 Å². The summed E-state index contributed by atoms with van der Waals surface area (Å²) in [5.41, 5.74) is 0. The molecule has 110 valence electrons. The van der Waals surface area contributed by atoms with E-state index in [0.29, 0.717) is 31.7 Å². The smallest absolute Gasteiger partial charge is 0.326 e. The van der Waals surface area contributed by atoms with E-state index in [1.165, 1.54) is 4.90 Å². The average molecular weight is 272 g/mol. The summed E-state index contributed by atoms with van der Waals surface area (Å²) < 4.78 is 0. The number of aliphatic hydroxyl groups excluding tert-OH is 1. The molecule has 0 unspecified atom stereocenters. The summed E-state index contributed by atoms with van der Waals surface area (Å²) in [5.74, 6) is -0.798. The number of aliphatic hydroxyl groups is 1. The van der Waals surface area contributed by atoms with Gasteiger partial charge in [0.25, 0.3) is 0 Å². The van der Waals surface area contributed by atoms with Crippen molar-refractivity contribution in [3.8, 4) is 0 Å². The van der Waals surface area contributed by atoms with Gasteiger partial charge in [-0.1, -0.05) is 20.3 Å². The lowest BCUT2D eigenvalue weighted by Crippen LogP contribution is -2.51. The molecule has 0 spiro atoms. The van der Waals surface area contributed by atoms with Crippen molar-refractivity contribution in [2.45, 2.75) is 45.3 Å². The third kappa shape index (κ3) is 4.38. The zero-order valence-electron chi connectivity index (χ0n) is 11.8. The Balaban J connectivity index is 2.44. The molecule has 19 heavy (non-hydrogen) atoms. The highest BCUT2D eigenvalue weighted by atomic mass is 16.4. The van der Waals surface area contributed by atoms with Gasteiger partial charge < -0.3 is 20.4 Å². The van der Waals surface area contributed by atoms with Gasteiger partial charge in [-0.05, 0) is 24.7 Å². The Morgan fingerprint density at radius 3 is 2.42 bits per heavy atom. The minimum atomic E-state index is -1.00. The summed E-state index contributed by atoms with van der Waals surface area (Å²) in [6.07, 6.45) is 1.88. The lowest BCUT2D eigenvalue weighted by Gasteiger charge is -2.35. The van der Waals surface area contributed by atoms with Crippen molar-refractivity contribution in [2.75, 3.05) is 13.6 Å². The summed E-state index contributed by atoms with van der Waals surface area (Å²) in [6.45, 7) is 4.25. The van der Waals surface area contributed by atoms with Crippen molar-refractivity contribution in [2.24, 2.45) is 11.8 Å². The van der Waals surface area contributed by atoms with E-state index in [0.717, 1.165) is 0 Å². The molecular formula is C13H24N2O4. The molecule has 0 heterocycles. The molecule has 0 radical (unpaired) electrons. The van der Waals surface area contributed by atoms with Crippen LogP contribution >= 0.6 is 0 Å². The van der Waals surface area contributed by atoms with Crippen LogP contribution in [0, 0.1) is 11.8 Å². The van der Waals surface area contributed by atoms with Crippen LogP contribution in [-0.4, -0.2) is 52.9 Å². The van der Waals surface area contributed by atoms with Gasteiger partial charge in [0.05, 0.1) is 6.10 Å². The number of carbonyl (C=O) groups is 2. The molecule has 2 amide bonds. The van der Waals surface area contributed by atoms with Crippen LogP contribution in [0.2, 0.25) is 0 Å². The van der Waals surface area contributed by atoms with E-state index in [9.17, 15) is 14.7 Å². The maximum atomic E-state index is 11.9. The van der Waals surface area contributed by atoms with Gasteiger partial charge in [0, 0.05) is 13.6 Å². The summed E-state index contributed by atoms with van der Waals surface area (Å²) >= 11 is 0. The monoisotopic (exact) mass is 272 g/mol. The minimum absolute atomic E-state index is 0.111. The molecule has 2 atom stereocenters. The van der Waals surface area contributed by atoms with Crippen LogP contribution in [0.3, 0.4) is 0 Å². The Hall–Kier alpha value is -1.30. The van der Waals surface area contributed by atoms with Crippen molar-refractivity contribution in [1.82, 2.24) is 10.2 Å². The van der Waals surface area contributed by atoms with E-state index in [4.69, 9.17) is 5.11 Å². The number of hydrogen-bond acceptors (Lipinski definition) is 3. The number of carbonyl (C=O) groups excluding carboxylic acids is 1. The number of carboxylic acids is 1. The zero-order chi connectivity index (χ0) is 14.6. The molecule has 0 saturated heterocycles. The zero-order valence-corrected chi connectivity index (χ0v) is 11.8. The first kappa shape index (κ1) is 15.8. The van der Waals surface area contributed by atoms with Gasteiger partial charge in [-0.15, -0.1) is 0 Å². The van der Waals surface area contributed by atoms with Gasteiger partial charge in [0.1, 0.15) is 6.04 Å². The normalized spacial score (nSPS) is 25.1. The maximum Gasteiger partial charge on any atom is 0.326 e. The molecule has 0 aliphatic heterocycles. The van der Waals surface area contributed by atoms with E-state index in [1.54, 1.807) is 14.0 Å². The van der Waals surface area contributed by atoms with Crippen molar-refractivity contribution >= 4 is 12.0 Å². The van der Waals surface area contributed by atoms with E-state index in [2.05, 4.69) is 5.32 Å². The van der Waals surface area contributed by atoms with Crippen molar-refractivity contribution in [3.63, 3.8) is 0 Å². The number of hydrogen-bond donors (Lipinski definition) is 3. The number of aliphatic carboxylic acids is 1. The molecule has 1 aliphatic carbocycles. The second-order valence-corrected chi connectivity index (χ2v) is 5.52. The van der Waals surface area contributed by atoms with Gasteiger partial charge in [0.15, 0.2) is 0 Å². The molecule has 3 N–H and O–H groups in total. The topological polar surface area (TPSA) is 89.9 Å². The first-order valence-electron chi connectivity index (χ1n) is 6.77. The number of nitrogens with zero attached hydrogens (tertiary/aromatic N) is 1.